The predicted molar refractivity (Wildman–Crippen MR) is 89.5 cm³/mol. The highest BCUT2D eigenvalue weighted by Gasteiger charge is 2.15. The van der Waals surface area contributed by atoms with E-state index in [-0.39, 0.29) is 17.9 Å². The van der Waals surface area contributed by atoms with Crippen molar-refractivity contribution < 1.29 is 14.3 Å². The van der Waals surface area contributed by atoms with Gasteiger partial charge in [-0.3, -0.25) is 4.79 Å². The Bertz CT molecular complexity index is 793. The number of halogens is 1. The van der Waals surface area contributed by atoms with Crippen LogP contribution in [0, 0.1) is 12.3 Å². The SMILES string of the molecule is C#Cc1ccccc1CC(=O)Nc1cc(Cl)ccc1C(=O)OC. The summed E-state index contributed by atoms with van der Waals surface area (Å²) in [4.78, 5) is 24.0. The maximum absolute atomic E-state index is 12.2. The summed E-state index contributed by atoms with van der Waals surface area (Å²) < 4.78 is 4.69. The van der Waals surface area contributed by atoms with Crippen LogP contribution in [-0.4, -0.2) is 19.0 Å². The normalized spacial score (nSPS) is 9.78. The van der Waals surface area contributed by atoms with E-state index >= 15 is 0 Å². The van der Waals surface area contributed by atoms with Crippen LogP contribution in [0.15, 0.2) is 42.5 Å². The number of ether oxygens (including phenoxy) is 1. The number of rotatable bonds is 4. The molecule has 5 heteroatoms. The van der Waals surface area contributed by atoms with E-state index in [4.69, 9.17) is 22.8 Å². The van der Waals surface area contributed by atoms with Crippen LogP contribution in [0.25, 0.3) is 0 Å². The highest BCUT2D eigenvalue weighted by atomic mass is 35.5. The zero-order valence-corrected chi connectivity index (χ0v) is 13.2. The molecule has 2 aromatic rings. The Hall–Kier alpha value is -2.77. The molecule has 2 aromatic carbocycles. The molecular formula is C18H14ClNO3. The summed E-state index contributed by atoms with van der Waals surface area (Å²) in [6.07, 6.45) is 5.51. The van der Waals surface area contributed by atoms with Gasteiger partial charge >= 0.3 is 5.97 Å². The summed E-state index contributed by atoms with van der Waals surface area (Å²) in [7, 11) is 1.27. The molecule has 0 aromatic heterocycles. The summed E-state index contributed by atoms with van der Waals surface area (Å²) >= 11 is 5.93. The molecule has 1 N–H and O–H groups in total. The third kappa shape index (κ3) is 4.12. The fraction of sp³-hybridized carbons (Fsp3) is 0.111. The number of methoxy groups -OCH3 is 1. The molecular weight excluding hydrogens is 314 g/mol. The summed E-state index contributed by atoms with van der Waals surface area (Å²) in [5.74, 6) is 1.68. The Morgan fingerprint density at radius 2 is 2.00 bits per heavy atom. The number of terminal acetylenes is 1. The van der Waals surface area contributed by atoms with Crippen molar-refractivity contribution in [2.24, 2.45) is 0 Å². The summed E-state index contributed by atoms with van der Waals surface area (Å²) in [6.45, 7) is 0. The number of hydrogen-bond acceptors (Lipinski definition) is 3. The van der Waals surface area contributed by atoms with Gasteiger partial charge in [-0.1, -0.05) is 35.7 Å². The quantitative estimate of drug-likeness (QED) is 0.692. The Morgan fingerprint density at radius 3 is 2.70 bits per heavy atom. The van der Waals surface area contributed by atoms with E-state index in [2.05, 4.69) is 11.2 Å². The van der Waals surface area contributed by atoms with Gasteiger partial charge in [0, 0.05) is 10.6 Å². The van der Waals surface area contributed by atoms with Crippen LogP contribution < -0.4 is 5.32 Å². The van der Waals surface area contributed by atoms with Crippen LogP contribution in [-0.2, 0) is 16.0 Å². The van der Waals surface area contributed by atoms with Crippen LogP contribution in [0.5, 0.6) is 0 Å². The van der Waals surface area contributed by atoms with Gasteiger partial charge in [-0.15, -0.1) is 6.42 Å². The number of carbonyl (C=O) groups excluding carboxylic acids is 2. The lowest BCUT2D eigenvalue weighted by Gasteiger charge is -2.11. The molecule has 0 aliphatic heterocycles. The Balaban J connectivity index is 2.22. The molecule has 0 bridgehead atoms. The van der Waals surface area contributed by atoms with Gasteiger partial charge in [-0.05, 0) is 29.8 Å². The van der Waals surface area contributed by atoms with Crippen molar-refractivity contribution in [2.45, 2.75) is 6.42 Å². The first-order valence-corrected chi connectivity index (χ1v) is 7.15. The number of amides is 1. The van der Waals surface area contributed by atoms with E-state index in [0.29, 0.717) is 16.3 Å². The van der Waals surface area contributed by atoms with Crippen LogP contribution in [0.3, 0.4) is 0 Å². The summed E-state index contributed by atoms with van der Waals surface area (Å²) in [6, 6.07) is 11.7. The topological polar surface area (TPSA) is 55.4 Å². The largest absolute Gasteiger partial charge is 0.465 e. The molecule has 4 nitrogen and oxygen atoms in total. The van der Waals surface area contributed by atoms with Crippen molar-refractivity contribution in [2.75, 3.05) is 12.4 Å². The van der Waals surface area contributed by atoms with E-state index < -0.39 is 5.97 Å². The second-order valence-electron chi connectivity index (χ2n) is 4.71. The van der Waals surface area contributed by atoms with Crippen molar-refractivity contribution in [3.63, 3.8) is 0 Å². The number of hydrogen-bond donors (Lipinski definition) is 1. The average molecular weight is 328 g/mol. The fourth-order valence-electron chi connectivity index (χ4n) is 2.09. The van der Waals surface area contributed by atoms with Crippen molar-refractivity contribution in [1.29, 1.82) is 0 Å². The molecule has 1 amide bonds. The molecule has 0 spiro atoms. The lowest BCUT2D eigenvalue weighted by atomic mass is 10.0. The van der Waals surface area contributed by atoms with E-state index in [1.165, 1.54) is 19.2 Å². The van der Waals surface area contributed by atoms with Crippen LogP contribution in [0.2, 0.25) is 5.02 Å². The number of carbonyl (C=O) groups is 2. The Morgan fingerprint density at radius 1 is 1.26 bits per heavy atom. The first-order valence-electron chi connectivity index (χ1n) is 6.77. The third-order valence-electron chi connectivity index (χ3n) is 3.18. The molecule has 0 saturated heterocycles. The van der Waals surface area contributed by atoms with Crippen LogP contribution in [0.4, 0.5) is 5.69 Å². The molecule has 0 unspecified atom stereocenters. The molecule has 0 saturated carbocycles. The van der Waals surface area contributed by atoms with Gasteiger partial charge < -0.3 is 10.1 Å². The lowest BCUT2D eigenvalue weighted by molar-refractivity contribution is -0.115. The molecule has 0 radical (unpaired) electrons. The highest BCUT2D eigenvalue weighted by Crippen LogP contribution is 2.22. The monoisotopic (exact) mass is 327 g/mol. The minimum Gasteiger partial charge on any atom is -0.465 e. The first kappa shape index (κ1) is 16.6. The summed E-state index contributed by atoms with van der Waals surface area (Å²) in [5.41, 5.74) is 1.92. The van der Waals surface area contributed by atoms with E-state index in [9.17, 15) is 9.59 Å². The minimum atomic E-state index is -0.555. The number of benzene rings is 2. The molecule has 0 atom stereocenters. The van der Waals surface area contributed by atoms with Crippen LogP contribution >= 0.6 is 11.6 Å². The number of anilines is 1. The van der Waals surface area contributed by atoms with E-state index in [0.717, 1.165) is 5.56 Å². The minimum absolute atomic E-state index is 0.0908. The van der Waals surface area contributed by atoms with Crippen molar-refractivity contribution in [3.8, 4) is 12.3 Å². The number of nitrogens with one attached hydrogen (secondary N) is 1. The Kier molecular flexibility index (Phi) is 5.40. The maximum atomic E-state index is 12.2. The average Bonchev–Trinajstić information content (AvgIpc) is 2.54. The van der Waals surface area contributed by atoms with Gasteiger partial charge in [0.1, 0.15) is 0 Å². The first-order chi connectivity index (χ1) is 11.0. The predicted octanol–water partition coefficient (Wildman–Crippen LogP) is 3.29. The highest BCUT2D eigenvalue weighted by molar-refractivity contribution is 6.31. The maximum Gasteiger partial charge on any atom is 0.339 e. The van der Waals surface area contributed by atoms with Gasteiger partial charge in [-0.2, -0.15) is 0 Å². The third-order valence-corrected chi connectivity index (χ3v) is 3.42. The lowest BCUT2D eigenvalue weighted by Crippen LogP contribution is -2.17. The molecule has 0 fully saturated rings. The van der Waals surface area contributed by atoms with Crippen molar-refractivity contribution in [3.05, 3.63) is 64.2 Å². The summed E-state index contributed by atoms with van der Waals surface area (Å²) in [5, 5.41) is 3.07. The molecule has 0 aliphatic carbocycles. The van der Waals surface area contributed by atoms with Gasteiger partial charge in [0.25, 0.3) is 0 Å². The zero-order chi connectivity index (χ0) is 16.8. The molecule has 23 heavy (non-hydrogen) atoms. The van der Waals surface area contributed by atoms with Crippen molar-refractivity contribution >= 4 is 29.2 Å². The van der Waals surface area contributed by atoms with E-state index in [1.807, 2.05) is 12.1 Å². The fourth-order valence-corrected chi connectivity index (χ4v) is 2.26. The van der Waals surface area contributed by atoms with Gasteiger partial charge in [0.2, 0.25) is 5.91 Å². The second-order valence-corrected chi connectivity index (χ2v) is 5.14. The number of esters is 1. The molecule has 0 heterocycles. The van der Waals surface area contributed by atoms with Crippen LogP contribution in [0.1, 0.15) is 21.5 Å². The molecule has 116 valence electrons. The standard InChI is InChI=1S/C18H14ClNO3/c1-3-12-6-4-5-7-13(12)10-17(21)20-16-11-14(19)8-9-15(16)18(22)23-2/h1,4-9,11H,10H2,2H3,(H,20,21). The molecule has 2 rings (SSSR count). The Labute approximate surface area is 139 Å². The second kappa shape index (κ2) is 7.48. The van der Waals surface area contributed by atoms with Crippen molar-refractivity contribution in [1.82, 2.24) is 0 Å². The smallest absolute Gasteiger partial charge is 0.339 e. The zero-order valence-electron chi connectivity index (χ0n) is 12.4. The van der Waals surface area contributed by atoms with Gasteiger partial charge in [-0.25, -0.2) is 4.79 Å². The van der Waals surface area contributed by atoms with Gasteiger partial charge in [0.15, 0.2) is 0 Å². The van der Waals surface area contributed by atoms with E-state index in [1.54, 1.807) is 18.2 Å². The molecule has 0 aliphatic rings. The van der Waals surface area contributed by atoms with Gasteiger partial charge in [0.05, 0.1) is 24.8 Å².